The van der Waals surface area contributed by atoms with E-state index in [-0.39, 0.29) is 20.8 Å². The molecule has 1 aromatic heterocycles. The monoisotopic (exact) mass is 335 g/mol. The zero-order chi connectivity index (χ0) is 14.2. The Kier molecular flexibility index (Phi) is 4.21. The van der Waals surface area contributed by atoms with E-state index in [2.05, 4.69) is 4.98 Å². The first-order valence-corrected chi connectivity index (χ1v) is 6.46. The molecule has 0 bridgehead atoms. The Balaban J connectivity index is 2.58. The molecule has 0 aliphatic carbocycles. The molecule has 0 spiro atoms. The van der Waals surface area contributed by atoms with Crippen molar-refractivity contribution in [3.63, 3.8) is 0 Å². The Hall–Kier alpha value is -1.000. The maximum atomic E-state index is 10.8. The van der Waals surface area contributed by atoms with Gasteiger partial charge in [-0.3, -0.25) is 0 Å². The van der Waals surface area contributed by atoms with Gasteiger partial charge in [-0.05, 0) is 24.3 Å². The number of rotatable bonds is 2. The van der Waals surface area contributed by atoms with Crippen molar-refractivity contribution in [1.82, 2.24) is 4.98 Å². The molecule has 2 aromatic rings. The van der Waals surface area contributed by atoms with E-state index in [0.29, 0.717) is 16.3 Å². The summed E-state index contributed by atoms with van der Waals surface area (Å²) in [6, 6.07) is 6.06. The van der Waals surface area contributed by atoms with E-state index in [1.807, 2.05) is 0 Å². The number of nitrogens with zero attached hydrogens (tertiary/aromatic N) is 1. The normalized spacial score (nSPS) is 10.5. The highest BCUT2D eigenvalue weighted by atomic mass is 35.5. The predicted molar refractivity (Wildman–Crippen MR) is 76.7 cm³/mol. The summed E-state index contributed by atoms with van der Waals surface area (Å²) in [4.78, 5) is 14.8. The average molecular weight is 337 g/mol. The van der Waals surface area contributed by atoms with Gasteiger partial charge in [-0.15, -0.1) is 0 Å². The minimum Gasteiger partial charge on any atom is -0.478 e. The maximum Gasteiger partial charge on any atom is 0.338 e. The first kappa shape index (κ1) is 14.4. The zero-order valence-corrected chi connectivity index (χ0v) is 12.1. The van der Waals surface area contributed by atoms with Crippen LogP contribution in [0.4, 0.5) is 0 Å². The quantitative estimate of drug-likeness (QED) is 0.616. The van der Waals surface area contributed by atoms with Crippen LogP contribution < -0.4 is 0 Å². The molecule has 2 rings (SSSR count). The number of aromatic carboxylic acids is 1. The van der Waals surface area contributed by atoms with Crippen LogP contribution in [-0.4, -0.2) is 16.1 Å². The van der Waals surface area contributed by atoms with E-state index in [1.54, 1.807) is 12.1 Å². The third-order valence-electron chi connectivity index (χ3n) is 2.39. The van der Waals surface area contributed by atoms with E-state index in [0.717, 1.165) is 0 Å². The minimum absolute atomic E-state index is 0.0819. The van der Waals surface area contributed by atoms with Crippen molar-refractivity contribution in [2.45, 2.75) is 0 Å². The highest BCUT2D eigenvalue weighted by Crippen LogP contribution is 2.37. The predicted octanol–water partition coefficient (Wildman–Crippen LogP) is 5.06. The Morgan fingerprint density at radius 3 is 2.26 bits per heavy atom. The van der Waals surface area contributed by atoms with Gasteiger partial charge in [0.25, 0.3) is 0 Å². The molecule has 0 amide bonds. The zero-order valence-electron chi connectivity index (χ0n) is 9.12. The Labute approximate surface area is 128 Å². The van der Waals surface area contributed by atoms with Crippen molar-refractivity contribution in [3.05, 3.63) is 50.0 Å². The third-order valence-corrected chi connectivity index (χ3v) is 3.97. The molecule has 0 aliphatic rings. The van der Waals surface area contributed by atoms with E-state index in [9.17, 15) is 4.79 Å². The van der Waals surface area contributed by atoms with Crippen molar-refractivity contribution in [1.29, 1.82) is 0 Å². The van der Waals surface area contributed by atoms with E-state index < -0.39 is 5.97 Å². The molecule has 98 valence electrons. The lowest BCUT2D eigenvalue weighted by atomic mass is 10.1. The average Bonchev–Trinajstić information content (AvgIpc) is 2.35. The van der Waals surface area contributed by atoms with Crippen LogP contribution >= 0.6 is 46.4 Å². The van der Waals surface area contributed by atoms with Crippen molar-refractivity contribution < 1.29 is 9.90 Å². The summed E-state index contributed by atoms with van der Waals surface area (Å²) in [5.74, 6) is -1.15. The van der Waals surface area contributed by atoms with Crippen LogP contribution in [0, 0.1) is 0 Å². The molecule has 7 heteroatoms. The molecular formula is C12H5Cl4NO2. The van der Waals surface area contributed by atoms with Gasteiger partial charge < -0.3 is 5.11 Å². The SMILES string of the molecule is O=C(O)c1ccc(-c2ccc(Cl)c(Cl)c2Cl)nc1Cl. The molecule has 1 aromatic carbocycles. The second-order valence-corrected chi connectivity index (χ2v) is 5.08. The highest BCUT2D eigenvalue weighted by molar-refractivity contribution is 6.49. The van der Waals surface area contributed by atoms with Crippen molar-refractivity contribution in [2.24, 2.45) is 0 Å². The molecule has 1 heterocycles. The molecule has 3 nitrogen and oxygen atoms in total. The molecule has 0 radical (unpaired) electrons. The number of carboxylic acid groups (broad SMARTS) is 1. The van der Waals surface area contributed by atoms with Crippen LogP contribution in [0.25, 0.3) is 11.3 Å². The van der Waals surface area contributed by atoms with E-state index >= 15 is 0 Å². The number of benzene rings is 1. The number of carboxylic acids is 1. The van der Waals surface area contributed by atoms with Crippen LogP contribution in [0.5, 0.6) is 0 Å². The first-order chi connectivity index (χ1) is 8.91. The summed E-state index contributed by atoms with van der Waals surface area (Å²) in [7, 11) is 0. The van der Waals surface area contributed by atoms with Gasteiger partial charge in [-0.1, -0.05) is 46.4 Å². The van der Waals surface area contributed by atoms with Crippen LogP contribution in [0.1, 0.15) is 10.4 Å². The van der Waals surface area contributed by atoms with Gasteiger partial charge in [-0.25, -0.2) is 9.78 Å². The first-order valence-electron chi connectivity index (χ1n) is 4.95. The topological polar surface area (TPSA) is 50.2 Å². The Morgan fingerprint density at radius 1 is 1.00 bits per heavy atom. The third kappa shape index (κ3) is 2.79. The largest absolute Gasteiger partial charge is 0.478 e. The van der Waals surface area contributed by atoms with Crippen LogP contribution in [0.3, 0.4) is 0 Å². The summed E-state index contributed by atoms with van der Waals surface area (Å²) < 4.78 is 0. The molecule has 19 heavy (non-hydrogen) atoms. The van der Waals surface area contributed by atoms with Gasteiger partial charge in [0.15, 0.2) is 0 Å². The number of hydrogen-bond acceptors (Lipinski definition) is 2. The Bertz CT molecular complexity index is 673. The molecule has 0 saturated carbocycles. The summed E-state index contributed by atoms with van der Waals surface area (Å²) >= 11 is 23.6. The lowest BCUT2D eigenvalue weighted by molar-refractivity contribution is 0.0696. The molecule has 0 fully saturated rings. The fraction of sp³-hybridized carbons (Fsp3) is 0. The lowest BCUT2D eigenvalue weighted by Gasteiger charge is -2.08. The van der Waals surface area contributed by atoms with E-state index in [4.69, 9.17) is 51.5 Å². The van der Waals surface area contributed by atoms with Crippen LogP contribution in [0.2, 0.25) is 20.2 Å². The number of halogens is 4. The van der Waals surface area contributed by atoms with Gasteiger partial charge in [-0.2, -0.15) is 0 Å². The van der Waals surface area contributed by atoms with E-state index in [1.165, 1.54) is 12.1 Å². The molecule has 0 atom stereocenters. The molecule has 0 aliphatic heterocycles. The number of hydrogen-bond donors (Lipinski definition) is 1. The van der Waals surface area contributed by atoms with Gasteiger partial charge in [0, 0.05) is 5.56 Å². The fourth-order valence-electron chi connectivity index (χ4n) is 1.47. The van der Waals surface area contributed by atoms with Crippen LogP contribution in [0.15, 0.2) is 24.3 Å². The smallest absolute Gasteiger partial charge is 0.338 e. The summed E-state index contributed by atoms with van der Waals surface area (Å²) in [6.45, 7) is 0. The van der Waals surface area contributed by atoms with Crippen LogP contribution in [-0.2, 0) is 0 Å². The molecule has 1 N–H and O–H groups in total. The molecular weight excluding hydrogens is 332 g/mol. The number of pyridine rings is 1. The molecule has 0 saturated heterocycles. The maximum absolute atomic E-state index is 10.8. The van der Waals surface area contributed by atoms with Crippen molar-refractivity contribution >= 4 is 52.4 Å². The van der Waals surface area contributed by atoms with Crippen molar-refractivity contribution in [3.8, 4) is 11.3 Å². The Morgan fingerprint density at radius 2 is 1.68 bits per heavy atom. The van der Waals surface area contributed by atoms with Gasteiger partial charge in [0.2, 0.25) is 0 Å². The highest BCUT2D eigenvalue weighted by Gasteiger charge is 2.15. The van der Waals surface area contributed by atoms with Gasteiger partial charge in [0.1, 0.15) is 5.15 Å². The van der Waals surface area contributed by atoms with Gasteiger partial charge >= 0.3 is 5.97 Å². The molecule has 0 unspecified atom stereocenters. The lowest BCUT2D eigenvalue weighted by Crippen LogP contribution is -1.99. The van der Waals surface area contributed by atoms with Gasteiger partial charge in [0.05, 0.1) is 26.3 Å². The second kappa shape index (κ2) is 5.55. The minimum atomic E-state index is -1.15. The number of carbonyl (C=O) groups is 1. The van der Waals surface area contributed by atoms with Crippen molar-refractivity contribution in [2.75, 3.05) is 0 Å². The number of aromatic nitrogens is 1. The summed E-state index contributed by atoms with van der Waals surface area (Å²) in [6.07, 6.45) is 0. The summed E-state index contributed by atoms with van der Waals surface area (Å²) in [5, 5.41) is 9.52. The fourth-order valence-corrected chi connectivity index (χ4v) is 2.33. The standard InChI is InChI=1S/C12H5Cl4NO2/c13-7-3-1-5(9(14)10(7)15)8-4-2-6(12(18)19)11(16)17-8/h1-4H,(H,18,19). The second-order valence-electron chi connectivity index (χ2n) is 3.56. The summed E-state index contributed by atoms with van der Waals surface area (Å²) in [5.41, 5.74) is 0.857.